The van der Waals surface area contributed by atoms with E-state index in [9.17, 15) is 15.0 Å². The molecule has 0 aromatic carbocycles. The molecular formula is C38H71NO3. The standard InChI is InChI=1S/C38H71NO3/c1-3-5-7-9-11-13-15-17-18-19-20-22-23-25-27-29-31-33-37(41)36(35-40)39-38(42)34-32-30-28-26-24-21-16-14-12-10-8-6-4-2/h21,23-25,31,33,36-37,40-41H,3-20,22,26-30,32,34-35H2,1-2H3,(H,39,42)/b24-21-,25-23+,33-31+. The highest BCUT2D eigenvalue weighted by Crippen LogP contribution is 2.13. The first-order chi connectivity index (χ1) is 20.7. The average Bonchev–Trinajstić information content (AvgIpc) is 2.99. The fourth-order valence-corrected chi connectivity index (χ4v) is 5.25. The largest absolute Gasteiger partial charge is 0.394 e. The molecule has 0 aromatic heterocycles. The summed E-state index contributed by atoms with van der Waals surface area (Å²) in [5, 5.41) is 22.8. The number of carbonyl (C=O) groups is 1. The van der Waals surface area contributed by atoms with Gasteiger partial charge in [-0.25, -0.2) is 0 Å². The second-order valence-corrected chi connectivity index (χ2v) is 12.3. The normalized spacial score (nSPS) is 13.5. The Labute approximate surface area is 261 Å². The van der Waals surface area contributed by atoms with E-state index in [0.717, 1.165) is 44.9 Å². The highest BCUT2D eigenvalue weighted by atomic mass is 16.3. The molecule has 42 heavy (non-hydrogen) atoms. The predicted octanol–water partition coefficient (Wildman–Crippen LogP) is 10.7. The number of carbonyl (C=O) groups excluding carboxylic acids is 1. The minimum atomic E-state index is -0.865. The topological polar surface area (TPSA) is 69.6 Å². The molecule has 0 bridgehead atoms. The lowest BCUT2D eigenvalue weighted by atomic mass is 10.1. The number of unbranched alkanes of at least 4 members (excludes halogenated alkanes) is 21. The Morgan fingerprint density at radius 3 is 1.38 bits per heavy atom. The Hall–Kier alpha value is -1.39. The third kappa shape index (κ3) is 30.1. The summed E-state index contributed by atoms with van der Waals surface area (Å²) in [6.07, 6.45) is 43.7. The first kappa shape index (κ1) is 40.6. The maximum Gasteiger partial charge on any atom is 0.220 e. The van der Waals surface area contributed by atoms with Crippen molar-refractivity contribution < 1.29 is 15.0 Å². The van der Waals surface area contributed by atoms with Crippen LogP contribution in [-0.4, -0.2) is 34.9 Å². The van der Waals surface area contributed by atoms with Crippen LogP contribution in [0, 0.1) is 0 Å². The molecule has 0 rings (SSSR count). The Kier molecular flexibility index (Phi) is 33.0. The van der Waals surface area contributed by atoms with E-state index < -0.39 is 12.1 Å². The highest BCUT2D eigenvalue weighted by Gasteiger charge is 2.17. The van der Waals surface area contributed by atoms with E-state index in [1.807, 2.05) is 6.08 Å². The summed E-state index contributed by atoms with van der Waals surface area (Å²) >= 11 is 0. The zero-order chi connectivity index (χ0) is 30.8. The number of nitrogens with one attached hydrogen (secondary N) is 1. The number of rotatable bonds is 32. The monoisotopic (exact) mass is 590 g/mol. The molecule has 4 nitrogen and oxygen atoms in total. The van der Waals surface area contributed by atoms with Crippen molar-refractivity contribution in [3.8, 4) is 0 Å². The maximum absolute atomic E-state index is 12.3. The molecule has 0 saturated carbocycles. The third-order valence-electron chi connectivity index (χ3n) is 8.10. The number of allylic oxidation sites excluding steroid dienone is 5. The second kappa shape index (κ2) is 34.1. The van der Waals surface area contributed by atoms with E-state index in [4.69, 9.17) is 0 Å². The third-order valence-corrected chi connectivity index (χ3v) is 8.10. The fraction of sp³-hybridized carbons (Fsp3) is 0.816. The van der Waals surface area contributed by atoms with E-state index in [1.165, 1.54) is 116 Å². The molecule has 0 fully saturated rings. The van der Waals surface area contributed by atoms with Crippen LogP contribution in [0.1, 0.15) is 181 Å². The summed E-state index contributed by atoms with van der Waals surface area (Å²) in [6.45, 7) is 4.26. The second-order valence-electron chi connectivity index (χ2n) is 12.3. The summed E-state index contributed by atoms with van der Waals surface area (Å²) in [6, 6.07) is -0.643. The van der Waals surface area contributed by atoms with Gasteiger partial charge >= 0.3 is 0 Å². The lowest BCUT2D eigenvalue weighted by Crippen LogP contribution is -2.45. The number of aliphatic hydroxyl groups is 2. The van der Waals surface area contributed by atoms with Gasteiger partial charge in [-0.15, -0.1) is 0 Å². The molecule has 0 aliphatic heterocycles. The minimum Gasteiger partial charge on any atom is -0.394 e. The van der Waals surface area contributed by atoms with Gasteiger partial charge in [0, 0.05) is 6.42 Å². The first-order valence-corrected chi connectivity index (χ1v) is 18.2. The number of hydrogen-bond acceptors (Lipinski definition) is 3. The lowest BCUT2D eigenvalue weighted by molar-refractivity contribution is -0.123. The van der Waals surface area contributed by atoms with Crippen molar-refractivity contribution in [3.63, 3.8) is 0 Å². The van der Waals surface area contributed by atoms with Crippen molar-refractivity contribution in [2.45, 2.75) is 193 Å². The van der Waals surface area contributed by atoms with Crippen LogP contribution in [0.4, 0.5) is 0 Å². The van der Waals surface area contributed by atoms with Crippen LogP contribution in [0.15, 0.2) is 36.5 Å². The van der Waals surface area contributed by atoms with Crippen molar-refractivity contribution in [3.05, 3.63) is 36.5 Å². The molecular weight excluding hydrogens is 518 g/mol. The summed E-state index contributed by atoms with van der Waals surface area (Å²) < 4.78 is 0. The number of aliphatic hydroxyl groups excluding tert-OH is 2. The van der Waals surface area contributed by atoms with Crippen LogP contribution in [-0.2, 0) is 4.79 Å². The molecule has 0 aliphatic carbocycles. The van der Waals surface area contributed by atoms with Crippen LogP contribution in [0.25, 0.3) is 0 Å². The van der Waals surface area contributed by atoms with Gasteiger partial charge in [-0.2, -0.15) is 0 Å². The molecule has 0 spiro atoms. The van der Waals surface area contributed by atoms with Gasteiger partial charge in [0.1, 0.15) is 0 Å². The maximum atomic E-state index is 12.3. The van der Waals surface area contributed by atoms with Gasteiger partial charge in [-0.05, 0) is 57.8 Å². The van der Waals surface area contributed by atoms with Crippen LogP contribution in [0.5, 0.6) is 0 Å². The van der Waals surface area contributed by atoms with E-state index in [0.29, 0.717) is 6.42 Å². The molecule has 1 amide bonds. The summed E-state index contributed by atoms with van der Waals surface area (Å²) in [7, 11) is 0. The molecule has 3 N–H and O–H groups in total. The van der Waals surface area contributed by atoms with Crippen LogP contribution >= 0.6 is 0 Å². The van der Waals surface area contributed by atoms with Gasteiger partial charge in [0.2, 0.25) is 5.91 Å². The zero-order valence-corrected chi connectivity index (χ0v) is 28.0. The van der Waals surface area contributed by atoms with Crippen molar-refractivity contribution in [1.82, 2.24) is 5.32 Å². The number of amides is 1. The quantitative estimate of drug-likeness (QED) is 0.0540. The molecule has 246 valence electrons. The van der Waals surface area contributed by atoms with Gasteiger partial charge in [0.15, 0.2) is 0 Å². The van der Waals surface area contributed by atoms with E-state index >= 15 is 0 Å². The van der Waals surface area contributed by atoms with Crippen LogP contribution < -0.4 is 5.32 Å². The van der Waals surface area contributed by atoms with E-state index in [2.05, 4.69) is 43.5 Å². The Balaban J connectivity index is 3.71. The van der Waals surface area contributed by atoms with Crippen molar-refractivity contribution in [1.29, 1.82) is 0 Å². The Morgan fingerprint density at radius 2 is 0.929 bits per heavy atom. The molecule has 0 aromatic rings. The molecule has 4 heteroatoms. The fourth-order valence-electron chi connectivity index (χ4n) is 5.25. The first-order valence-electron chi connectivity index (χ1n) is 18.2. The molecule has 2 unspecified atom stereocenters. The Bertz CT molecular complexity index is 642. The zero-order valence-electron chi connectivity index (χ0n) is 28.0. The summed E-state index contributed by atoms with van der Waals surface area (Å²) in [5.41, 5.74) is 0. The highest BCUT2D eigenvalue weighted by molar-refractivity contribution is 5.76. The predicted molar refractivity (Wildman–Crippen MR) is 184 cm³/mol. The summed E-state index contributed by atoms with van der Waals surface area (Å²) in [4.78, 5) is 12.3. The van der Waals surface area contributed by atoms with Crippen LogP contribution in [0.3, 0.4) is 0 Å². The van der Waals surface area contributed by atoms with Crippen molar-refractivity contribution >= 4 is 5.91 Å². The molecule has 0 aliphatic rings. The molecule has 0 heterocycles. The average molecular weight is 590 g/mol. The van der Waals surface area contributed by atoms with Crippen molar-refractivity contribution in [2.75, 3.05) is 6.61 Å². The van der Waals surface area contributed by atoms with Gasteiger partial charge in [-0.3, -0.25) is 4.79 Å². The van der Waals surface area contributed by atoms with Gasteiger partial charge in [0.25, 0.3) is 0 Å². The molecule has 0 saturated heterocycles. The van der Waals surface area contributed by atoms with Crippen molar-refractivity contribution in [2.24, 2.45) is 0 Å². The smallest absolute Gasteiger partial charge is 0.220 e. The number of hydrogen-bond donors (Lipinski definition) is 3. The van der Waals surface area contributed by atoms with Gasteiger partial charge in [0.05, 0.1) is 18.8 Å². The molecule has 0 radical (unpaired) electrons. The van der Waals surface area contributed by atoms with E-state index in [1.54, 1.807) is 6.08 Å². The Morgan fingerprint density at radius 1 is 0.548 bits per heavy atom. The van der Waals surface area contributed by atoms with Crippen LogP contribution in [0.2, 0.25) is 0 Å². The molecule has 2 atom stereocenters. The van der Waals surface area contributed by atoms with E-state index in [-0.39, 0.29) is 12.5 Å². The summed E-state index contributed by atoms with van der Waals surface area (Å²) in [5.74, 6) is -0.0922. The van der Waals surface area contributed by atoms with Gasteiger partial charge < -0.3 is 15.5 Å². The van der Waals surface area contributed by atoms with Gasteiger partial charge in [-0.1, -0.05) is 153 Å². The lowest BCUT2D eigenvalue weighted by Gasteiger charge is -2.19. The SMILES string of the molecule is CCCCCCCC/C=C\CCCCCC(=O)NC(CO)C(O)/C=C/CC/C=C/CCCCCCCCCCCCC. The minimum absolute atomic E-state index is 0.0922.